The summed E-state index contributed by atoms with van der Waals surface area (Å²) in [6.45, 7) is 2.41. The summed E-state index contributed by atoms with van der Waals surface area (Å²) in [6.07, 6.45) is 1.50. The molecule has 0 radical (unpaired) electrons. The van der Waals surface area contributed by atoms with Gasteiger partial charge in [0, 0.05) is 13.1 Å². The Hall–Kier alpha value is -2.86. The third-order valence-corrected chi connectivity index (χ3v) is 4.88. The van der Waals surface area contributed by atoms with Gasteiger partial charge in [-0.25, -0.2) is 0 Å². The van der Waals surface area contributed by atoms with Gasteiger partial charge < -0.3 is 15.2 Å². The van der Waals surface area contributed by atoms with Gasteiger partial charge in [-0.2, -0.15) is 0 Å². The zero-order chi connectivity index (χ0) is 19.8. The summed E-state index contributed by atoms with van der Waals surface area (Å²) in [4.78, 5) is 25.2. The van der Waals surface area contributed by atoms with Crippen LogP contribution < -0.4 is 10.1 Å². The Kier molecular flexibility index (Phi) is 7.03. The molecule has 0 aliphatic carbocycles. The average molecular weight is 382 g/mol. The molecule has 0 saturated carbocycles. The minimum absolute atomic E-state index is 0.0810. The van der Waals surface area contributed by atoms with E-state index < -0.39 is 5.97 Å². The average Bonchev–Trinajstić information content (AvgIpc) is 2.72. The summed E-state index contributed by atoms with van der Waals surface area (Å²) >= 11 is 0. The fraction of sp³-hybridized carbons (Fsp3) is 0.364. The van der Waals surface area contributed by atoms with Crippen LogP contribution in [0.3, 0.4) is 0 Å². The molecule has 0 spiro atoms. The third-order valence-electron chi connectivity index (χ3n) is 4.88. The van der Waals surface area contributed by atoms with E-state index in [-0.39, 0.29) is 18.4 Å². The highest BCUT2D eigenvalue weighted by Crippen LogP contribution is 2.16. The highest BCUT2D eigenvalue weighted by molar-refractivity contribution is 5.78. The number of carboxylic acids is 1. The van der Waals surface area contributed by atoms with Gasteiger partial charge in [0.15, 0.2) is 0 Å². The Balaban J connectivity index is 1.40. The van der Waals surface area contributed by atoms with Crippen LogP contribution in [0.5, 0.6) is 5.75 Å². The number of hydrogen-bond donors (Lipinski definition) is 2. The lowest BCUT2D eigenvalue weighted by Gasteiger charge is -2.29. The number of nitrogens with zero attached hydrogens (tertiary/aromatic N) is 1. The second kappa shape index (κ2) is 9.90. The maximum atomic E-state index is 12.2. The fourth-order valence-corrected chi connectivity index (χ4v) is 3.30. The van der Waals surface area contributed by atoms with Crippen molar-refractivity contribution in [3.63, 3.8) is 0 Å². The van der Waals surface area contributed by atoms with Crippen LogP contribution in [0.4, 0.5) is 0 Å². The third kappa shape index (κ3) is 6.09. The standard InChI is InChI=1S/C22H26N2O4/c25-21(15-24-12-4-5-19(14-24)22(26)27)23-13-17-8-10-18(11-9-17)16-28-20-6-2-1-3-7-20/h1-3,6-11,19H,4-5,12-16H2,(H,23,25)(H,26,27). The minimum atomic E-state index is -0.776. The van der Waals surface area contributed by atoms with Crippen molar-refractivity contribution in [2.24, 2.45) is 5.92 Å². The molecule has 1 saturated heterocycles. The first-order chi connectivity index (χ1) is 13.6. The van der Waals surface area contributed by atoms with E-state index in [1.807, 2.05) is 59.5 Å². The summed E-state index contributed by atoms with van der Waals surface area (Å²) in [5, 5.41) is 12.0. The van der Waals surface area contributed by atoms with Crippen molar-refractivity contribution in [2.75, 3.05) is 19.6 Å². The SMILES string of the molecule is O=C(CN1CCCC(C(=O)O)C1)NCc1ccc(COc2ccccc2)cc1. The number of carbonyl (C=O) groups excluding carboxylic acids is 1. The van der Waals surface area contributed by atoms with Gasteiger partial charge in [-0.3, -0.25) is 14.5 Å². The van der Waals surface area contributed by atoms with Crippen molar-refractivity contribution in [3.8, 4) is 5.75 Å². The molecule has 6 heteroatoms. The van der Waals surface area contributed by atoms with E-state index in [4.69, 9.17) is 9.84 Å². The van der Waals surface area contributed by atoms with Crippen LogP contribution in [0.25, 0.3) is 0 Å². The van der Waals surface area contributed by atoms with E-state index in [0.717, 1.165) is 29.8 Å². The minimum Gasteiger partial charge on any atom is -0.489 e. The summed E-state index contributed by atoms with van der Waals surface area (Å²) in [7, 11) is 0. The second-order valence-electron chi connectivity index (χ2n) is 7.11. The van der Waals surface area contributed by atoms with Gasteiger partial charge in [0.1, 0.15) is 12.4 Å². The molecule has 1 aliphatic rings. The summed E-state index contributed by atoms with van der Waals surface area (Å²) < 4.78 is 5.72. The monoisotopic (exact) mass is 382 g/mol. The van der Waals surface area contributed by atoms with Gasteiger partial charge in [0.2, 0.25) is 5.91 Å². The lowest BCUT2D eigenvalue weighted by molar-refractivity contribution is -0.144. The van der Waals surface area contributed by atoms with Crippen molar-refractivity contribution in [1.82, 2.24) is 10.2 Å². The Morgan fingerprint density at radius 2 is 1.79 bits per heavy atom. The van der Waals surface area contributed by atoms with Crippen molar-refractivity contribution in [3.05, 3.63) is 65.7 Å². The molecular weight excluding hydrogens is 356 g/mol. The van der Waals surface area contributed by atoms with Gasteiger partial charge in [-0.05, 0) is 42.6 Å². The van der Waals surface area contributed by atoms with E-state index in [1.54, 1.807) is 0 Å². The number of rotatable bonds is 8. The molecule has 28 heavy (non-hydrogen) atoms. The molecule has 0 aromatic heterocycles. The van der Waals surface area contributed by atoms with Crippen LogP contribution in [0.15, 0.2) is 54.6 Å². The number of nitrogens with one attached hydrogen (secondary N) is 1. The molecule has 1 atom stereocenters. The quantitative estimate of drug-likeness (QED) is 0.734. The van der Waals surface area contributed by atoms with Crippen LogP contribution >= 0.6 is 0 Å². The summed E-state index contributed by atoms with van der Waals surface area (Å²) in [6, 6.07) is 17.6. The van der Waals surface area contributed by atoms with Crippen LogP contribution in [-0.2, 0) is 22.7 Å². The second-order valence-corrected chi connectivity index (χ2v) is 7.11. The molecule has 1 heterocycles. The molecule has 2 aromatic carbocycles. The number of ether oxygens (including phenoxy) is 1. The first-order valence-corrected chi connectivity index (χ1v) is 9.57. The number of hydrogen-bond acceptors (Lipinski definition) is 4. The molecule has 148 valence electrons. The fourth-order valence-electron chi connectivity index (χ4n) is 3.30. The van der Waals surface area contributed by atoms with E-state index in [1.165, 1.54) is 0 Å². The number of likely N-dealkylation sites (tertiary alicyclic amines) is 1. The first-order valence-electron chi connectivity index (χ1n) is 9.57. The van der Waals surface area contributed by atoms with Crippen molar-refractivity contribution in [2.45, 2.75) is 26.0 Å². The Morgan fingerprint density at radius 1 is 1.07 bits per heavy atom. The number of amides is 1. The lowest BCUT2D eigenvalue weighted by atomic mass is 9.98. The van der Waals surface area contributed by atoms with Crippen molar-refractivity contribution < 1.29 is 19.4 Å². The van der Waals surface area contributed by atoms with E-state index in [0.29, 0.717) is 26.1 Å². The molecule has 1 amide bonds. The number of benzene rings is 2. The Labute approximate surface area is 165 Å². The molecule has 3 rings (SSSR count). The zero-order valence-electron chi connectivity index (χ0n) is 15.8. The van der Waals surface area contributed by atoms with Crippen LogP contribution in [0, 0.1) is 5.92 Å². The normalized spacial score (nSPS) is 17.1. The number of para-hydroxylation sites is 1. The van der Waals surface area contributed by atoms with Gasteiger partial charge in [-0.15, -0.1) is 0 Å². The number of piperidine rings is 1. The molecule has 2 aromatic rings. The highest BCUT2D eigenvalue weighted by atomic mass is 16.5. The Morgan fingerprint density at radius 3 is 2.50 bits per heavy atom. The van der Waals surface area contributed by atoms with Crippen molar-refractivity contribution in [1.29, 1.82) is 0 Å². The molecule has 2 N–H and O–H groups in total. The number of carbonyl (C=O) groups is 2. The molecule has 1 unspecified atom stereocenters. The predicted molar refractivity (Wildman–Crippen MR) is 106 cm³/mol. The van der Waals surface area contributed by atoms with Crippen LogP contribution in [0.1, 0.15) is 24.0 Å². The highest BCUT2D eigenvalue weighted by Gasteiger charge is 2.26. The van der Waals surface area contributed by atoms with Gasteiger partial charge in [0.25, 0.3) is 0 Å². The van der Waals surface area contributed by atoms with Crippen LogP contribution in [0.2, 0.25) is 0 Å². The van der Waals surface area contributed by atoms with Gasteiger partial charge in [-0.1, -0.05) is 42.5 Å². The van der Waals surface area contributed by atoms with Crippen LogP contribution in [-0.4, -0.2) is 41.5 Å². The van der Waals surface area contributed by atoms with Gasteiger partial charge >= 0.3 is 5.97 Å². The molecular formula is C22H26N2O4. The number of aliphatic carboxylic acids is 1. The van der Waals surface area contributed by atoms with E-state index >= 15 is 0 Å². The maximum Gasteiger partial charge on any atom is 0.307 e. The smallest absolute Gasteiger partial charge is 0.307 e. The van der Waals surface area contributed by atoms with E-state index in [9.17, 15) is 9.59 Å². The van der Waals surface area contributed by atoms with Gasteiger partial charge in [0.05, 0.1) is 12.5 Å². The summed E-state index contributed by atoms with van der Waals surface area (Å²) in [5.41, 5.74) is 2.07. The molecule has 6 nitrogen and oxygen atoms in total. The molecule has 0 bridgehead atoms. The topological polar surface area (TPSA) is 78.9 Å². The van der Waals surface area contributed by atoms with Crippen molar-refractivity contribution >= 4 is 11.9 Å². The van der Waals surface area contributed by atoms with E-state index in [2.05, 4.69) is 5.32 Å². The Bertz CT molecular complexity index is 777. The first kappa shape index (κ1) is 19.9. The predicted octanol–water partition coefficient (Wildman–Crippen LogP) is 2.68. The molecule has 1 aliphatic heterocycles. The number of carboxylic acid groups (broad SMARTS) is 1. The summed E-state index contributed by atoms with van der Waals surface area (Å²) in [5.74, 6) is -0.391. The lowest BCUT2D eigenvalue weighted by Crippen LogP contribution is -2.44. The molecule has 1 fully saturated rings. The maximum absolute atomic E-state index is 12.2. The zero-order valence-corrected chi connectivity index (χ0v) is 15.8. The largest absolute Gasteiger partial charge is 0.489 e.